The molecule has 1 atom stereocenters. The molecular formula is C11H13N3O4S2. The Morgan fingerprint density at radius 3 is 2.80 bits per heavy atom. The summed E-state index contributed by atoms with van der Waals surface area (Å²) >= 11 is 6.04. The fourth-order valence-corrected chi connectivity index (χ4v) is 3.05. The number of H-pyrrole nitrogens is 1. The molecule has 1 aromatic heterocycles. The van der Waals surface area contributed by atoms with Crippen LogP contribution in [0.5, 0.6) is 5.88 Å². The number of aromatic nitrogens is 1. The van der Waals surface area contributed by atoms with Gasteiger partial charge >= 0.3 is 12.0 Å². The van der Waals surface area contributed by atoms with Crippen molar-refractivity contribution in [2.45, 2.75) is 19.9 Å². The summed E-state index contributed by atoms with van der Waals surface area (Å²) in [7, 11) is 0. The van der Waals surface area contributed by atoms with E-state index < -0.39 is 18.0 Å². The van der Waals surface area contributed by atoms with Gasteiger partial charge in [-0.1, -0.05) is 0 Å². The maximum atomic E-state index is 12.0. The first kappa shape index (κ1) is 14.5. The van der Waals surface area contributed by atoms with E-state index in [2.05, 4.69) is 15.6 Å². The lowest BCUT2D eigenvalue weighted by molar-refractivity contribution is -0.139. The van der Waals surface area contributed by atoms with E-state index in [1.807, 2.05) is 0 Å². The summed E-state index contributed by atoms with van der Waals surface area (Å²) in [5.74, 6) is -0.719. The normalized spacial score (nSPS) is 18.5. The zero-order chi connectivity index (χ0) is 14.9. The van der Waals surface area contributed by atoms with E-state index in [4.69, 9.17) is 17.0 Å². The lowest BCUT2D eigenvalue weighted by atomic mass is 10.0. The first-order valence-corrected chi connectivity index (χ1v) is 7.03. The molecule has 0 spiro atoms. The number of ether oxygens (including phenoxy) is 1. The van der Waals surface area contributed by atoms with Crippen LogP contribution in [0.2, 0.25) is 0 Å². The summed E-state index contributed by atoms with van der Waals surface area (Å²) < 4.78 is 5.34. The fourth-order valence-electron chi connectivity index (χ4n) is 1.90. The third-order valence-electron chi connectivity index (χ3n) is 2.68. The van der Waals surface area contributed by atoms with Crippen LogP contribution in [0.25, 0.3) is 0 Å². The smallest absolute Gasteiger partial charge is 0.338 e. The first-order valence-electron chi connectivity index (χ1n) is 5.81. The molecule has 0 aliphatic carbocycles. The molecular weight excluding hydrogens is 302 g/mol. The van der Waals surface area contributed by atoms with Crippen LogP contribution >= 0.6 is 23.6 Å². The number of nitrogens with one attached hydrogen (secondary N) is 3. The molecule has 2 amide bonds. The Kier molecular flexibility index (Phi) is 4.09. The van der Waals surface area contributed by atoms with E-state index in [1.54, 1.807) is 13.8 Å². The van der Waals surface area contributed by atoms with Gasteiger partial charge in [-0.2, -0.15) is 0 Å². The van der Waals surface area contributed by atoms with Crippen molar-refractivity contribution in [3.63, 3.8) is 0 Å². The van der Waals surface area contributed by atoms with Crippen LogP contribution in [-0.4, -0.2) is 28.7 Å². The van der Waals surface area contributed by atoms with Gasteiger partial charge in [0.25, 0.3) is 0 Å². The van der Waals surface area contributed by atoms with Gasteiger partial charge in [-0.15, -0.1) is 11.3 Å². The lowest BCUT2D eigenvalue weighted by Gasteiger charge is -2.26. The molecule has 2 rings (SSSR count). The molecule has 0 aromatic carbocycles. The molecule has 0 saturated heterocycles. The van der Waals surface area contributed by atoms with Crippen molar-refractivity contribution >= 4 is 35.6 Å². The number of amides is 2. The zero-order valence-corrected chi connectivity index (χ0v) is 12.4. The van der Waals surface area contributed by atoms with Crippen LogP contribution in [0.3, 0.4) is 0 Å². The molecule has 7 nitrogen and oxygen atoms in total. The summed E-state index contributed by atoms with van der Waals surface area (Å²) in [6.45, 7) is 3.50. The number of esters is 1. The number of urea groups is 1. The predicted octanol–water partition coefficient (Wildman–Crippen LogP) is 1.70. The number of aromatic hydroxyl groups is 1. The summed E-state index contributed by atoms with van der Waals surface area (Å²) in [5.41, 5.74) is 0.628. The topological polar surface area (TPSA) is 103 Å². The zero-order valence-electron chi connectivity index (χ0n) is 10.8. The first-order chi connectivity index (χ1) is 9.43. The maximum absolute atomic E-state index is 12.0. The number of allylic oxidation sites excluding steroid dienone is 1. The fraction of sp³-hybridized carbons (Fsp3) is 0.364. The van der Waals surface area contributed by atoms with E-state index in [1.165, 1.54) is 0 Å². The van der Waals surface area contributed by atoms with Crippen molar-refractivity contribution in [1.29, 1.82) is 0 Å². The average molecular weight is 315 g/mol. The molecule has 1 unspecified atom stereocenters. The highest BCUT2D eigenvalue weighted by Gasteiger charge is 2.34. The van der Waals surface area contributed by atoms with E-state index in [0.717, 1.165) is 11.3 Å². The number of carbonyl (C=O) groups is 2. The van der Waals surface area contributed by atoms with Crippen LogP contribution in [0, 0.1) is 3.95 Å². The Morgan fingerprint density at radius 1 is 1.55 bits per heavy atom. The number of rotatable bonds is 3. The summed E-state index contributed by atoms with van der Waals surface area (Å²) in [6.07, 6.45) is 0. The molecule has 1 aliphatic heterocycles. The second kappa shape index (κ2) is 5.63. The SMILES string of the molecule is CCOC(=O)C1=C(C)NC(=O)NC1c1sc(=S)[nH]c1O. The predicted molar refractivity (Wildman–Crippen MR) is 74.9 cm³/mol. The Morgan fingerprint density at radius 2 is 2.25 bits per heavy atom. The highest BCUT2D eigenvalue weighted by atomic mass is 32.1. The molecule has 2 heterocycles. The Bertz CT molecular complexity index is 646. The van der Waals surface area contributed by atoms with Crippen LogP contribution in [0.1, 0.15) is 24.8 Å². The van der Waals surface area contributed by atoms with Crippen molar-refractivity contribution in [2.75, 3.05) is 6.61 Å². The third kappa shape index (κ3) is 2.68. The van der Waals surface area contributed by atoms with Crippen molar-refractivity contribution in [3.8, 4) is 5.88 Å². The molecule has 0 saturated carbocycles. The van der Waals surface area contributed by atoms with Gasteiger partial charge in [0.2, 0.25) is 5.88 Å². The number of thiazole rings is 1. The van der Waals surface area contributed by atoms with Gasteiger partial charge in [-0.25, -0.2) is 9.59 Å². The third-order valence-corrected chi connectivity index (χ3v) is 3.97. The minimum Gasteiger partial charge on any atom is -0.494 e. The molecule has 4 N–H and O–H groups in total. The summed E-state index contributed by atoms with van der Waals surface area (Å²) in [5, 5.41) is 14.9. The second-order valence-electron chi connectivity index (χ2n) is 4.02. The molecule has 0 bridgehead atoms. The molecule has 0 radical (unpaired) electrons. The Labute approximate surface area is 123 Å². The van der Waals surface area contributed by atoms with Gasteiger partial charge in [0.15, 0.2) is 3.95 Å². The minimum absolute atomic E-state index is 0.165. The summed E-state index contributed by atoms with van der Waals surface area (Å²) in [4.78, 5) is 26.5. The van der Waals surface area contributed by atoms with Crippen molar-refractivity contribution in [1.82, 2.24) is 15.6 Å². The van der Waals surface area contributed by atoms with Crippen molar-refractivity contribution < 1.29 is 19.4 Å². The molecule has 1 aromatic rings. The molecule has 1 aliphatic rings. The van der Waals surface area contributed by atoms with Gasteiger partial charge in [-0.05, 0) is 26.1 Å². The van der Waals surface area contributed by atoms with Gasteiger partial charge < -0.3 is 25.5 Å². The van der Waals surface area contributed by atoms with Gasteiger partial charge in [0, 0.05) is 5.70 Å². The molecule has 108 valence electrons. The highest BCUT2D eigenvalue weighted by Crippen LogP contribution is 2.35. The number of hydrogen-bond donors (Lipinski definition) is 4. The van der Waals surface area contributed by atoms with Crippen molar-refractivity contribution in [2.24, 2.45) is 0 Å². The Hall–Kier alpha value is -1.87. The van der Waals surface area contributed by atoms with E-state index in [-0.39, 0.29) is 18.1 Å². The van der Waals surface area contributed by atoms with Gasteiger partial charge in [0.1, 0.15) is 6.04 Å². The average Bonchev–Trinajstić information content (AvgIpc) is 2.67. The molecule has 9 heteroatoms. The summed E-state index contributed by atoms with van der Waals surface area (Å²) in [6, 6.07) is -1.25. The van der Waals surface area contributed by atoms with Gasteiger partial charge in [0.05, 0.1) is 17.1 Å². The lowest BCUT2D eigenvalue weighted by Crippen LogP contribution is -2.45. The number of carbonyl (C=O) groups excluding carboxylic acids is 2. The standard InChI is InChI=1S/C11H13N3O4S2/c1-3-18-9(16)5-4(2)12-10(17)13-6(5)7-8(15)14-11(19)20-7/h6,15H,3H2,1-2H3,(H,14,19)(H2,12,13,17). The molecule has 0 fully saturated rings. The van der Waals surface area contributed by atoms with E-state index >= 15 is 0 Å². The Balaban J connectivity index is 2.50. The number of aromatic amines is 1. The van der Waals surface area contributed by atoms with Gasteiger partial charge in [-0.3, -0.25) is 0 Å². The van der Waals surface area contributed by atoms with Crippen LogP contribution in [0.4, 0.5) is 4.79 Å². The number of hydrogen-bond acceptors (Lipinski definition) is 6. The maximum Gasteiger partial charge on any atom is 0.338 e. The van der Waals surface area contributed by atoms with Crippen molar-refractivity contribution in [3.05, 3.63) is 20.1 Å². The monoisotopic (exact) mass is 315 g/mol. The van der Waals surface area contributed by atoms with E-state index in [0.29, 0.717) is 14.5 Å². The highest BCUT2D eigenvalue weighted by molar-refractivity contribution is 7.73. The van der Waals surface area contributed by atoms with Crippen LogP contribution < -0.4 is 10.6 Å². The minimum atomic E-state index is -0.791. The molecule has 20 heavy (non-hydrogen) atoms. The van der Waals surface area contributed by atoms with Crippen LogP contribution in [-0.2, 0) is 9.53 Å². The quantitative estimate of drug-likeness (QED) is 0.502. The largest absolute Gasteiger partial charge is 0.494 e. The van der Waals surface area contributed by atoms with E-state index in [9.17, 15) is 14.7 Å². The second-order valence-corrected chi connectivity index (χ2v) is 5.74. The van der Waals surface area contributed by atoms with Crippen LogP contribution in [0.15, 0.2) is 11.3 Å².